The summed E-state index contributed by atoms with van der Waals surface area (Å²) in [4.78, 5) is 20.8. The molecule has 3 heterocycles. The Kier molecular flexibility index (Phi) is 9.11. The highest BCUT2D eigenvalue weighted by atomic mass is 19.1. The number of aromatic nitrogens is 2. The minimum atomic E-state index is -0.408. The molecule has 44 heavy (non-hydrogen) atoms. The molecule has 1 aromatic heterocycles. The summed E-state index contributed by atoms with van der Waals surface area (Å²) in [5, 5.41) is 5.55. The zero-order valence-corrected chi connectivity index (χ0v) is 27.1. The highest BCUT2D eigenvalue weighted by molar-refractivity contribution is 6.05. The summed E-state index contributed by atoms with van der Waals surface area (Å²) in [6.45, 7) is 12.0. The average Bonchev–Trinajstić information content (AvgIpc) is 3.33. The number of amides is 1. The van der Waals surface area contributed by atoms with Crippen molar-refractivity contribution in [1.29, 1.82) is 0 Å². The molecule has 3 aromatic rings. The summed E-state index contributed by atoms with van der Waals surface area (Å²) in [5.74, 6) is 1.15. The minimum Gasteiger partial charge on any atom is -0.383 e. The monoisotopic (exact) mass is 605 g/mol. The molecule has 2 aromatic carbocycles. The van der Waals surface area contributed by atoms with Crippen molar-refractivity contribution in [3.05, 3.63) is 53.5 Å². The third kappa shape index (κ3) is 5.91. The Balaban J connectivity index is 1.25. The Labute approximate surface area is 261 Å². The van der Waals surface area contributed by atoms with Crippen molar-refractivity contribution >= 4 is 16.8 Å². The van der Waals surface area contributed by atoms with Crippen molar-refractivity contribution in [3.63, 3.8) is 0 Å². The van der Waals surface area contributed by atoms with Crippen LogP contribution in [0.1, 0.15) is 55.5 Å². The molecule has 1 amide bonds. The van der Waals surface area contributed by atoms with Gasteiger partial charge in [0.2, 0.25) is 0 Å². The average molecular weight is 606 g/mol. The number of likely N-dealkylation sites (N-methyl/N-ethyl adjacent to an activating group) is 1. The largest absolute Gasteiger partial charge is 0.383 e. The molecule has 2 atom stereocenters. The number of nitrogens with zero attached hydrogens (tertiary/aromatic N) is 5. The highest BCUT2D eigenvalue weighted by Gasteiger charge is 2.44. The van der Waals surface area contributed by atoms with Crippen LogP contribution in [0.3, 0.4) is 0 Å². The van der Waals surface area contributed by atoms with E-state index in [4.69, 9.17) is 9.47 Å². The molecule has 2 aliphatic heterocycles. The molecule has 1 saturated carbocycles. The maximum absolute atomic E-state index is 14.7. The molecule has 0 spiro atoms. The van der Waals surface area contributed by atoms with E-state index in [1.54, 1.807) is 13.2 Å². The number of morpholine rings is 1. The van der Waals surface area contributed by atoms with Gasteiger partial charge in [0.05, 0.1) is 43.1 Å². The Morgan fingerprint density at radius 3 is 2.66 bits per heavy atom. The van der Waals surface area contributed by atoms with Gasteiger partial charge in [-0.2, -0.15) is 5.10 Å². The topological polar surface area (TPSA) is 63.1 Å². The quantitative estimate of drug-likeness (QED) is 0.324. The number of fused-ring (bicyclic) bond motifs is 1. The molecular formula is C35H48FN5O3. The van der Waals surface area contributed by atoms with Crippen LogP contribution in [-0.4, -0.2) is 109 Å². The van der Waals surface area contributed by atoms with E-state index < -0.39 is 5.82 Å². The van der Waals surface area contributed by atoms with Crippen molar-refractivity contribution in [2.24, 2.45) is 18.9 Å². The van der Waals surface area contributed by atoms with Crippen LogP contribution in [-0.2, 0) is 16.5 Å². The van der Waals surface area contributed by atoms with E-state index in [2.05, 4.69) is 47.9 Å². The number of likely N-dealkylation sites (tertiary alicyclic amines) is 1. The molecule has 8 nitrogen and oxygen atoms in total. The van der Waals surface area contributed by atoms with Gasteiger partial charge in [0.1, 0.15) is 5.82 Å². The molecule has 0 radical (unpaired) electrons. The van der Waals surface area contributed by atoms with Gasteiger partial charge in [-0.1, -0.05) is 19.9 Å². The minimum absolute atomic E-state index is 0.0660. The lowest BCUT2D eigenvalue weighted by molar-refractivity contribution is -0.0291. The zero-order valence-electron chi connectivity index (χ0n) is 27.1. The molecule has 1 aliphatic carbocycles. The predicted octanol–water partition coefficient (Wildman–Crippen LogP) is 5.02. The fourth-order valence-electron chi connectivity index (χ4n) is 7.76. The first kappa shape index (κ1) is 31.1. The summed E-state index contributed by atoms with van der Waals surface area (Å²) >= 11 is 0. The molecule has 3 aliphatic rings. The van der Waals surface area contributed by atoms with Crippen LogP contribution in [0.25, 0.3) is 22.0 Å². The fourth-order valence-corrected chi connectivity index (χ4v) is 7.76. The van der Waals surface area contributed by atoms with Crippen molar-refractivity contribution < 1.29 is 18.7 Å². The smallest absolute Gasteiger partial charge is 0.254 e. The van der Waals surface area contributed by atoms with E-state index in [0.717, 1.165) is 54.2 Å². The molecule has 0 bridgehead atoms. The van der Waals surface area contributed by atoms with E-state index in [0.29, 0.717) is 49.2 Å². The van der Waals surface area contributed by atoms with Gasteiger partial charge in [0, 0.05) is 63.7 Å². The predicted molar refractivity (Wildman–Crippen MR) is 171 cm³/mol. The summed E-state index contributed by atoms with van der Waals surface area (Å²) in [6.07, 6.45) is 4.36. The number of carbonyl (C=O) groups is 1. The number of rotatable bonds is 10. The molecule has 2 saturated heterocycles. The van der Waals surface area contributed by atoms with E-state index in [-0.39, 0.29) is 11.9 Å². The van der Waals surface area contributed by atoms with E-state index in [1.165, 1.54) is 30.5 Å². The van der Waals surface area contributed by atoms with E-state index >= 15 is 0 Å². The Bertz CT molecular complexity index is 1480. The molecule has 6 rings (SSSR count). The lowest BCUT2D eigenvalue weighted by atomic mass is 9.70. The number of hydrogen-bond acceptors (Lipinski definition) is 6. The van der Waals surface area contributed by atoms with Crippen LogP contribution < -0.4 is 0 Å². The van der Waals surface area contributed by atoms with Crippen LogP contribution >= 0.6 is 0 Å². The molecule has 1 unspecified atom stereocenters. The number of hydrogen-bond donors (Lipinski definition) is 0. The number of methoxy groups -OCH3 is 1. The Morgan fingerprint density at radius 2 is 1.95 bits per heavy atom. The van der Waals surface area contributed by atoms with Gasteiger partial charge in [-0.25, -0.2) is 4.39 Å². The SMILES string of the molecule is COCCN(C)C1CC(C(C(C)C)N2CC(c3cc(-c4ccc(F)cc4C(=O)N4CCOC[C@H]4C)c4cnn(C)c4c3)C2)C1. The maximum atomic E-state index is 14.7. The van der Waals surface area contributed by atoms with Gasteiger partial charge in [-0.15, -0.1) is 0 Å². The molecule has 3 fully saturated rings. The van der Waals surface area contributed by atoms with E-state index in [9.17, 15) is 9.18 Å². The van der Waals surface area contributed by atoms with Gasteiger partial charge in [0.25, 0.3) is 5.91 Å². The molecule has 0 N–H and O–H groups in total. The molecule has 9 heteroatoms. The number of benzene rings is 2. The standard InChI is InChI=1S/C35H48FN5O3/c1-22(2)34(25-13-28(14-25)38(4)9-11-43-6)40-19-26(20-40)24-15-30(32-18-37-39(5)33(32)16-24)29-8-7-27(36)17-31(29)35(42)41-10-12-44-21-23(41)3/h7-8,15-18,22-23,25-26,28,34H,9-14,19-21H2,1-6H3/t23-,25?,28?,34?/m1/s1. The van der Waals surface area contributed by atoms with Crippen LogP contribution in [0.4, 0.5) is 4.39 Å². The molecular weight excluding hydrogens is 557 g/mol. The zero-order chi connectivity index (χ0) is 31.1. The third-order valence-corrected chi connectivity index (χ3v) is 10.4. The summed E-state index contributed by atoms with van der Waals surface area (Å²) in [6, 6.07) is 10.3. The normalized spacial score (nSPS) is 23.8. The van der Waals surface area contributed by atoms with Gasteiger partial charge in [-0.3, -0.25) is 14.4 Å². The van der Waals surface area contributed by atoms with E-state index in [1.807, 2.05) is 29.7 Å². The lowest BCUT2D eigenvalue weighted by Gasteiger charge is -2.54. The lowest BCUT2D eigenvalue weighted by Crippen LogP contribution is -2.59. The van der Waals surface area contributed by atoms with Crippen molar-refractivity contribution in [2.45, 2.75) is 57.7 Å². The third-order valence-electron chi connectivity index (χ3n) is 10.4. The van der Waals surface area contributed by atoms with Gasteiger partial charge in [-0.05, 0) is 79.6 Å². The van der Waals surface area contributed by atoms with Crippen molar-refractivity contribution in [3.8, 4) is 11.1 Å². The first-order valence-electron chi connectivity index (χ1n) is 16.2. The van der Waals surface area contributed by atoms with Crippen LogP contribution in [0.15, 0.2) is 36.5 Å². The fraction of sp³-hybridized carbons (Fsp3) is 0.600. The second kappa shape index (κ2) is 12.9. The number of halogens is 1. The van der Waals surface area contributed by atoms with Gasteiger partial charge < -0.3 is 19.3 Å². The number of ether oxygens (including phenoxy) is 2. The van der Waals surface area contributed by atoms with Crippen LogP contribution in [0.2, 0.25) is 0 Å². The summed E-state index contributed by atoms with van der Waals surface area (Å²) in [5.41, 5.74) is 4.37. The van der Waals surface area contributed by atoms with Crippen molar-refractivity contribution in [2.75, 3.05) is 60.2 Å². The second-order valence-electron chi connectivity index (χ2n) is 13.6. The maximum Gasteiger partial charge on any atom is 0.254 e. The van der Waals surface area contributed by atoms with Crippen molar-refractivity contribution in [1.82, 2.24) is 24.5 Å². The first-order chi connectivity index (χ1) is 21.2. The Morgan fingerprint density at radius 1 is 1.18 bits per heavy atom. The number of aryl methyl sites for hydroxylation is 1. The van der Waals surface area contributed by atoms with Crippen LogP contribution in [0.5, 0.6) is 0 Å². The highest BCUT2D eigenvalue weighted by Crippen LogP contribution is 2.43. The molecule has 238 valence electrons. The van der Waals surface area contributed by atoms with Crippen LogP contribution in [0, 0.1) is 17.7 Å². The second-order valence-corrected chi connectivity index (χ2v) is 13.6. The Hall–Kier alpha value is -2.85. The van der Waals surface area contributed by atoms with Gasteiger partial charge in [0.15, 0.2) is 0 Å². The summed E-state index contributed by atoms with van der Waals surface area (Å²) in [7, 11) is 5.95. The summed E-state index contributed by atoms with van der Waals surface area (Å²) < 4.78 is 27.4. The van der Waals surface area contributed by atoms with Gasteiger partial charge >= 0.3 is 0 Å². The first-order valence-corrected chi connectivity index (χ1v) is 16.2. The number of carbonyl (C=O) groups excluding carboxylic acids is 1.